The van der Waals surface area contributed by atoms with Gasteiger partial charge in [0.2, 0.25) is 5.91 Å². The van der Waals surface area contributed by atoms with Gasteiger partial charge >= 0.3 is 0 Å². The Morgan fingerprint density at radius 2 is 1.95 bits per heavy atom. The Kier molecular flexibility index (Phi) is 3.77. The summed E-state index contributed by atoms with van der Waals surface area (Å²) in [6.45, 7) is 5.77. The number of piperidine rings is 1. The molecule has 1 atom stereocenters. The van der Waals surface area contributed by atoms with E-state index in [4.69, 9.17) is 0 Å². The van der Waals surface area contributed by atoms with E-state index in [1.54, 1.807) is 6.08 Å². The van der Waals surface area contributed by atoms with Crippen LogP contribution >= 0.6 is 0 Å². The molecule has 2 fully saturated rings. The van der Waals surface area contributed by atoms with E-state index in [0.717, 1.165) is 31.4 Å². The molecule has 22 heavy (non-hydrogen) atoms. The van der Waals surface area contributed by atoms with Crippen LogP contribution in [0.2, 0.25) is 0 Å². The van der Waals surface area contributed by atoms with Crippen LogP contribution in [0.15, 0.2) is 30.8 Å². The van der Waals surface area contributed by atoms with Gasteiger partial charge < -0.3 is 9.80 Å². The fraction of sp³-hybridized carbons (Fsp3) is 0.444. The van der Waals surface area contributed by atoms with Crippen molar-refractivity contribution in [1.82, 2.24) is 9.80 Å². The maximum atomic E-state index is 12.6. The number of benzene rings is 1. The molecule has 0 N–H and O–H groups in total. The first-order valence-corrected chi connectivity index (χ1v) is 7.83. The van der Waals surface area contributed by atoms with Gasteiger partial charge in [0.1, 0.15) is 0 Å². The summed E-state index contributed by atoms with van der Waals surface area (Å²) in [5.41, 5.74) is 1.33. The van der Waals surface area contributed by atoms with Crippen molar-refractivity contribution in [3.8, 4) is 0 Å². The quantitative estimate of drug-likeness (QED) is 0.841. The maximum absolute atomic E-state index is 12.6. The standard InChI is InChI=1S/C18H22N2O2/c1-3-14-5-7-15(8-6-14)16(21)20-12-10-18(13-20)9-4-11-19(2)17(18)22/h3,5-8H,1,4,9-13H2,2H3. The van der Waals surface area contributed by atoms with Gasteiger partial charge in [-0.05, 0) is 37.0 Å². The molecule has 4 heteroatoms. The van der Waals surface area contributed by atoms with Crippen LogP contribution < -0.4 is 0 Å². The largest absolute Gasteiger partial charge is 0.345 e. The van der Waals surface area contributed by atoms with E-state index in [2.05, 4.69) is 6.58 Å². The number of carbonyl (C=O) groups excluding carboxylic acids is 2. The SMILES string of the molecule is C=Cc1ccc(C(=O)N2CCC3(CCCN(C)C3=O)C2)cc1. The summed E-state index contributed by atoms with van der Waals surface area (Å²) in [5.74, 6) is 0.226. The van der Waals surface area contributed by atoms with Gasteiger partial charge in [-0.15, -0.1) is 0 Å². The van der Waals surface area contributed by atoms with E-state index in [-0.39, 0.29) is 17.2 Å². The molecule has 1 aromatic carbocycles. The van der Waals surface area contributed by atoms with Crippen molar-refractivity contribution >= 4 is 17.9 Å². The fourth-order valence-corrected chi connectivity index (χ4v) is 3.64. The van der Waals surface area contributed by atoms with E-state index in [1.165, 1.54) is 0 Å². The van der Waals surface area contributed by atoms with Gasteiger partial charge in [-0.2, -0.15) is 0 Å². The Labute approximate surface area is 131 Å². The van der Waals surface area contributed by atoms with Crippen molar-refractivity contribution in [3.05, 3.63) is 42.0 Å². The molecular formula is C18H22N2O2. The van der Waals surface area contributed by atoms with Crippen molar-refractivity contribution in [2.45, 2.75) is 19.3 Å². The number of amides is 2. The van der Waals surface area contributed by atoms with Gasteiger partial charge in [0.15, 0.2) is 0 Å². The number of hydrogen-bond acceptors (Lipinski definition) is 2. The lowest BCUT2D eigenvalue weighted by Gasteiger charge is -2.37. The predicted octanol–water partition coefficient (Wildman–Crippen LogP) is 2.41. The third kappa shape index (κ3) is 2.43. The first kappa shape index (κ1) is 14.8. The summed E-state index contributed by atoms with van der Waals surface area (Å²) < 4.78 is 0. The second-order valence-corrected chi connectivity index (χ2v) is 6.41. The number of rotatable bonds is 2. The molecule has 116 valence electrons. The third-order valence-corrected chi connectivity index (χ3v) is 4.98. The van der Waals surface area contributed by atoms with Gasteiger partial charge in [0, 0.05) is 32.2 Å². The second kappa shape index (κ2) is 5.59. The van der Waals surface area contributed by atoms with Gasteiger partial charge in [-0.25, -0.2) is 0 Å². The summed E-state index contributed by atoms with van der Waals surface area (Å²) in [7, 11) is 1.86. The van der Waals surface area contributed by atoms with Crippen molar-refractivity contribution in [1.29, 1.82) is 0 Å². The van der Waals surface area contributed by atoms with Gasteiger partial charge in [-0.1, -0.05) is 24.8 Å². The van der Waals surface area contributed by atoms with Crippen molar-refractivity contribution in [2.24, 2.45) is 5.41 Å². The molecule has 2 saturated heterocycles. The highest BCUT2D eigenvalue weighted by molar-refractivity contribution is 5.95. The zero-order chi connectivity index (χ0) is 15.7. The summed E-state index contributed by atoms with van der Waals surface area (Å²) in [4.78, 5) is 28.8. The highest BCUT2D eigenvalue weighted by atomic mass is 16.2. The van der Waals surface area contributed by atoms with E-state index in [9.17, 15) is 9.59 Å². The first-order chi connectivity index (χ1) is 10.6. The minimum Gasteiger partial charge on any atom is -0.345 e. The number of hydrogen-bond donors (Lipinski definition) is 0. The lowest BCUT2D eigenvalue weighted by molar-refractivity contribution is -0.143. The molecule has 1 aromatic rings. The average molecular weight is 298 g/mol. The molecule has 1 spiro atoms. The van der Waals surface area contributed by atoms with Crippen LogP contribution in [0, 0.1) is 5.41 Å². The molecule has 0 radical (unpaired) electrons. The molecule has 1 unspecified atom stereocenters. The Morgan fingerprint density at radius 3 is 2.64 bits per heavy atom. The molecule has 0 aliphatic carbocycles. The topological polar surface area (TPSA) is 40.6 Å². The minimum atomic E-state index is -0.344. The zero-order valence-electron chi connectivity index (χ0n) is 13.0. The van der Waals surface area contributed by atoms with Crippen LogP contribution in [0.4, 0.5) is 0 Å². The summed E-state index contributed by atoms with van der Waals surface area (Å²) in [5, 5.41) is 0. The zero-order valence-corrected chi connectivity index (χ0v) is 13.0. The van der Waals surface area contributed by atoms with Crippen LogP contribution in [0.1, 0.15) is 35.2 Å². The molecule has 3 rings (SSSR count). The predicted molar refractivity (Wildman–Crippen MR) is 86.4 cm³/mol. The molecule has 0 aromatic heterocycles. The first-order valence-electron chi connectivity index (χ1n) is 7.83. The highest BCUT2D eigenvalue weighted by Crippen LogP contribution is 2.40. The van der Waals surface area contributed by atoms with Crippen molar-refractivity contribution < 1.29 is 9.59 Å². The van der Waals surface area contributed by atoms with Crippen LogP contribution in [0.5, 0.6) is 0 Å². The second-order valence-electron chi connectivity index (χ2n) is 6.41. The molecule has 2 aliphatic heterocycles. The fourth-order valence-electron chi connectivity index (χ4n) is 3.64. The average Bonchev–Trinajstić information content (AvgIpc) is 2.97. The maximum Gasteiger partial charge on any atom is 0.253 e. The lowest BCUT2D eigenvalue weighted by atomic mass is 9.78. The smallest absolute Gasteiger partial charge is 0.253 e. The van der Waals surface area contributed by atoms with Crippen LogP contribution in [0.3, 0.4) is 0 Å². The summed E-state index contributed by atoms with van der Waals surface area (Å²) in [6, 6.07) is 7.45. The molecule has 2 aliphatic rings. The molecular weight excluding hydrogens is 276 g/mol. The normalized spacial score (nSPS) is 24.9. The molecule has 2 heterocycles. The highest BCUT2D eigenvalue weighted by Gasteiger charge is 2.48. The van der Waals surface area contributed by atoms with Crippen molar-refractivity contribution in [3.63, 3.8) is 0 Å². The summed E-state index contributed by atoms with van der Waals surface area (Å²) in [6.07, 6.45) is 4.47. The Balaban J connectivity index is 1.75. The minimum absolute atomic E-state index is 0.0218. The van der Waals surface area contributed by atoms with Crippen LogP contribution in [-0.4, -0.2) is 48.3 Å². The van der Waals surface area contributed by atoms with E-state index < -0.39 is 0 Å². The Hall–Kier alpha value is -2.10. The Morgan fingerprint density at radius 1 is 1.23 bits per heavy atom. The van der Waals surface area contributed by atoms with Gasteiger partial charge in [0.05, 0.1) is 5.41 Å². The monoisotopic (exact) mass is 298 g/mol. The van der Waals surface area contributed by atoms with Gasteiger partial charge in [0.25, 0.3) is 5.91 Å². The number of nitrogens with zero attached hydrogens (tertiary/aromatic N) is 2. The molecule has 0 saturated carbocycles. The molecule has 4 nitrogen and oxygen atoms in total. The third-order valence-electron chi connectivity index (χ3n) is 4.98. The van der Waals surface area contributed by atoms with E-state index >= 15 is 0 Å². The van der Waals surface area contributed by atoms with Crippen molar-refractivity contribution in [2.75, 3.05) is 26.7 Å². The lowest BCUT2D eigenvalue weighted by Crippen LogP contribution is -2.48. The van der Waals surface area contributed by atoms with Crippen LogP contribution in [0.25, 0.3) is 6.08 Å². The van der Waals surface area contributed by atoms with Crippen LogP contribution in [-0.2, 0) is 4.79 Å². The van der Waals surface area contributed by atoms with E-state index in [1.807, 2.05) is 41.1 Å². The van der Waals surface area contributed by atoms with Gasteiger partial charge in [-0.3, -0.25) is 9.59 Å². The molecule has 0 bridgehead atoms. The molecule has 2 amide bonds. The number of likely N-dealkylation sites (tertiary alicyclic amines) is 2. The Bertz CT molecular complexity index is 608. The van der Waals surface area contributed by atoms with E-state index in [0.29, 0.717) is 18.7 Å². The summed E-state index contributed by atoms with van der Waals surface area (Å²) >= 11 is 0. The number of carbonyl (C=O) groups is 2.